The van der Waals surface area contributed by atoms with E-state index in [2.05, 4.69) is 0 Å². The fourth-order valence-corrected chi connectivity index (χ4v) is 3.55. The van der Waals surface area contributed by atoms with Crippen molar-refractivity contribution in [2.24, 2.45) is 0 Å². The molecule has 30 heavy (non-hydrogen) atoms. The molecular weight excluding hydrogens is 408 g/mol. The molecule has 2 aromatic carbocycles. The second-order valence-electron chi connectivity index (χ2n) is 6.96. The minimum atomic E-state index is -1.34. The molecule has 3 amide bonds. The molecule has 0 unspecified atom stereocenters. The molecule has 7 nitrogen and oxygen atoms in total. The van der Waals surface area contributed by atoms with E-state index < -0.39 is 36.2 Å². The van der Waals surface area contributed by atoms with Gasteiger partial charge in [-0.1, -0.05) is 41.9 Å². The summed E-state index contributed by atoms with van der Waals surface area (Å²) in [6.45, 7) is 0.189. The van der Waals surface area contributed by atoms with Crippen LogP contribution < -0.4 is 10.0 Å². The highest BCUT2D eigenvalue weighted by atomic mass is 35.5. The number of carbonyl (C=O) groups excluding carboxylic acids is 4. The van der Waals surface area contributed by atoms with Gasteiger partial charge in [0.2, 0.25) is 11.8 Å². The van der Waals surface area contributed by atoms with Gasteiger partial charge in [0.15, 0.2) is 0 Å². The van der Waals surface area contributed by atoms with Gasteiger partial charge in [0.25, 0.3) is 5.91 Å². The zero-order valence-electron chi connectivity index (χ0n) is 16.1. The first kappa shape index (κ1) is 21.5. The van der Waals surface area contributed by atoms with Crippen LogP contribution in [0.1, 0.15) is 24.8 Å². The minimum Gasteiger partial charge on any atom is -0.550 e. The number of rotatable bonds is 8. The number of halogens is 1. The fraction of sp³-hybridized carbons (Fsp3) is 0.273. The summed E-state index contributed by atoms with van der Waals surface area (Å²) in [4.78, 5) is 51.5. The summed E-state index contributed by atoms with van der Waals surface area (Å²) >= 11 is 5.88. The summed E-state index contributed by atoms with van der Waals surface area (Å²) in [5, 5.41) is 11.3. The maximum absolute atomic E-state index is 13.0. The predicted octanol–water partition coefficient (Wildman–Crippen LogP) is 1.57. The van der Waals surface area contributed by atoms with Gasteiger partial charge in [-0.25, -0.2) is 4.90 Å². The Labute approximate surface area is 178 Å². The molecule has 0 aromatic heterocycles. The van der Waals surface area contributed by atoms with Crippen molar-refractivity contribution >= 4 is 41.0 Å². The number of anilines is 1. The van der Waals surface area contributed by atoms with E-state index in [0.29, 0.717) is 17.1 Å². The number of hydrogen-bond donors (Lipinski definition) is 0. The third-order valence-corrected chi connectivity index (χ3v) is 5.18. The third kappa shape index (κ3) is 5.04. The minimum absolute atomic E-state index is 0.159. The molecule has 0 spiro atoms. The first-order chi connectivity index (χ1) is 14.4. The Hall–Kier alpha value is -3.19. The zero-order chi connectivity index (χ0) is 21.7. The van der Waals surface area contributed by atoms with Crippen molar-refractivity contribution in [3.63, 3.8) is 0 Å². The van der Waals surface area contributed by atoms with Crippen molar-refractivity contribution in [2.75, 3.05) is 11.4 Å². The number of hydrogen-bond acceptors (Lipinski definition) is 5. The molecule has 0 saturated carbocycles. The van der Waals surface area contributed by atoms with Crippen molar-refractivity contribution in [3.05, 3.63) is 65.2 Å². The Morgan fingerprint density at radius 2 is 1.70 bits per heavy atom. The summed E-state index contributed by atoms with van der Waals surface area (Å²) < 4.78 is 0. The summed E-state index contributed by atoms with van der Waals surface area (Å²) in [6, 6.07) is 14.7. The monoisotopic (exact) mass is 427 g/mol. The van der Waals surface area contributed by atoms with E-state index >= 15 is 0 Å². The van der Waals surface area contributed by atoms with Crippen LogP contribution in [0.3, 0.4) is 0 Å². The molecule has 0 bridgehead atoms. The quantitative estimate of drug-likeness (QED) is 0.595. The van der Waals surface area contributed by atoms with Crippen molar-refractivity contribution in [3.8, 4) is 0 Å². The smallest absolute Gasteiger partial charge is 0.257 e. The van der Waals surface area contributed by atoms with Gasteiger partial charge < -0.3 is 14.8 Å². The summed E-state index contributed by atoms with van der Waals surface area (Å²) in [6.07, 6.45) is -0.434. The second kappa shape index (κ2) is 9.54. The van der Waals surface area contributed by atoms with Gasteiger partial charge in [0.1, 0.15) is 6.04 Å². The highest BCUT2D eigenvalue weighted by molar-refractivity contribution is 6.30. The van der Waals surface area contributed by atoms with Gasteiger partial charge in [-0.05, 0) is 42.7 Å². The Morgan fingerprint density at radius 3 is 2.33 bits per heavy atom. The fourth-order valence-electron chi connectivity index (χ4n) is 3.42. The molecule has 1 aliphatic heterocycles. The van der Waals surface area contributed by atoms with Crippen LogP contribution in [-0.4, -0.2) is 41.2 Å². The van der Waals surface area contributed by atoms with Gasteiger partial charge in [-0.15, -0.1) is 0 Å². The van der Waals surface area contributed by atoms with Crippen LogP contribution in [0, 0.1) is 0 Å². The van der Waals surface area contributed by atoms with E-state index in [1.807, 2.05) is 30.3 Å². The normalized spacial score (nSPS) is 16.0. The summed E-state index contributed by atoms with van der Waals surface area (Å²) in [5.74, 6) is -2.79. The van der Waals surface area contributed by atoms with Gasteiger partial charge in [0, 0.05) is 24.0 Å². The van der Waals surface area contributed by atoms with Crippen molar-refractivity contribution in [1.29, 1.82) is 0 Å². The Morgan fingerprint density at radius 1 is 1.03 bits per heavy atom. The van der Waals surface area contributed by atoms with Gasteiger partial charge in [-0.2, -0.15) is 0 Å². The lowest BCUT2D eigenvalue weighted by Gasteiger charge is -2.28. The molecule has 2 aromatic rings. The topological polar surface area (TPSA) is 97.8 Å². The van der Waals surface area contributed by atoms with Crippen LogP contribution in [-0.2, 0) is 25.6 Å². The van der Waals surface area contributed by atoms with Gasteiger partial charge in [-0.3, -0.25) is 14.4 Å². The Balaban J connectivity index is 1.81. The molecule has 1 atom stereocenters. The molecule has 0 N–H and O–H groups in total. The largest absolute Gasteiger partial charge is 0.550 e. The van der Waals surface area contributed by atoms with Crippen LogP contribution in [0.5, 0.6) is 0 Å². The zero-order valence-corrected chi connectivity index (χ0v) is 16.9. The van der Waals surface area contributed by atoms with E-state index in [-0.39, 0.29) is 19.4 Å². The molecule has 1 aliphatic rings. The summed E-state index contributed by atoms with van der Waals surface area (Å²) in [5.41, 5.74) is 1.34. The molecule has 8 heteroatoms. The number of carbonyl (C=O) groups is 4. The Kier molecular flexibility index (Phi) is 6.84. The molecule has 1 heterocycles. The third-order valence-electron chi connectivity index (χ3n) is 4.93. The lowest BCUT2D eigenvalue weighted by molar-refractivity contribution is -0.305. The summed E-state index contributed by atoms with van der Waals surface area (Å²) in [7, 11) is 0. The molecule has 1 fully saturated rings. The van der Waals surface area contributed by atoms with Gasteiger partial charge in [0.05, 0.1) is 12.1 Å². The average molecular weight is 428 g/mol. The van der Waals surface area contributed by atoms with Crippen molar-refractivity contribution in [2.45, 2.75) is 31.7 Å². The van der Waals surface area contributed by atoms with Crippen LogP contribution in [0.4, 0.5) is 5.69 Å². The molecule has 0 aliphatic carbocycles. The molecule has 156 valence electrons. The highest BCUT2D eigenvalue weighted by Crippen LogP contribution is 2.27. The molecule has 0 radical (unpaired) electrons. The lowest BCUT2D eigenvalue weighted by Crippen LogP contribution is -2.46. The predicted molar refractivity (Wildman–Crippen MR) is 108 cm³/mol. The van der Waals surface area contributed by atoms with E-state index in [4.69, 9.17) is 11.6 Å². The van der Waals surface area contributed by atoms with E-state index in [1.54, 1.807) is 24.3 Å². The van der Waals surface area contributed by atoms with Crippen LogP contribution in [0.2, 0.25) is 5.02 Å². The van der Waals surface area contributed by atoms with Crippen LogP contribution in [0.15, 0.2) is 54.6 Å². The molecular formula is C22H20ClN2O5-. The SMILES string of the molecule is O=C([O-])CCC(=O)N(CCc1ccccc1)[C@H]1CC(=O)N(c2ccc(Cl)cc2)C1=O. The standard InChI is InChI=1S/C22H21ClN2O5/c23-16-6-8-17(9-7-16)25-20(27)14-18(22(25)30)24(19(26)10-11-21(28)29)13-12-15-4-2-1-3-5-15/h1-9,18H,10-14H2,(H,28,29)/p-1/t18-/m0/s1. The lowest BCUT2D eigenvalue weighted by atomic mass is 10.1. The number of benzene rings is 2. The van der Waals surface area contributed by atoms with E-state index in [1.165, 1.54) is 4.90 Å². The van der Waals surface area contributed by atoms with Gasteiger partial charge >= 0.3 is 0 Å². The number of aliphatic carboxylic acids is 1. The average Bonchev–Trinajstić information content (AvgIpc) is 3.02. The first-order valence-corrected chi connectivity index (χ1v) is 9.90. The van der Waals surface area contributed by atoms with E-state index in [0.717, 1.165) is 10.5 Å². The van der Waals surface area contributed by atoms with E-state index in [9.17, 15) is 24.3 Å². The Bertz CT molecular complexity index is 946. The van der Waals surface area contributed by atoms with Crippen molar-refractivity contribution < 1.29 is 24.3 Å². The number of imide groups is 1. The molecule has 3 rings (SSSR count). The number of amides is 3. The van der Waals surface area contributed by atoms with Crippen LogP contribution in [0.25, 0.3) is 0 Å². The number of carboxylic acids is 1. The van der Waals surface area contributed by atoms with Crippen LogP contribution >= 0.6 is 11.6 Å². The maximum atomic E-state index is 13.0. The highest BCUT2D eigenvalue weighted by Gasteiger charge is 2.44. The number of nitrogens with zero attached hydrogens (tertiary/aromatic N) is 2. The second-order valence-corrected chi connectivity index (χ2v) is 7.39. The first-order valence-electron chi connectivity index (χ1n) is 9.52. The molecule has 1 saturated heterocycles. The maximum Gasteiger partial charge on any atom is 0.257 e. The van der Waals surface area contributed by atoms with Crippen molar-refractivity contribution in [1.82, 2.24) is 4.90 Å². The number of carboxylic acid groups (broad SMARTS) is 1.